The number of halogens is 1. The molecule has 40 heavy (non-hydrogen) atoms. The number of aryl methyl sites for hydroxylation is 1. The Morgan fingerprint density at radius 1 is 1.02 bits per heavy atom. The lowest BCUT2D eigenvalue weighted by Gasteiger charge is -2.48. The van der Waals surface area contributed by atoms with Crippen LogP contribution in [0.25, 0.3) is 22.4 Å². The third kappa shape index (κ3) is 5.47. The van der Waals surface area contributed by atoms with Crippen molar-refractivity contribution < 1.29 is 12.8 Å². The molecule has 3 unspecified atom stereocenters. The Hall–Kier alpha value is -2.29. The molecule has 0 radical (unpaired) electrons. The van der Waals surface area contributed by atoms with E-state index in [4.69, 9.17) is 4.98 Å². The van der Waals surface area contributed by atoms with Crippen molar-refractivity contribution in [3.63, 3.8) is 0 Å². The maximum Gasteiger partial charge on any atom is 0.175 e. The summed E-state index contributed by atoms with van der Waals surface area (Å²) in [5.74, 6) is 1.67. The molecular weight excluding hydrogens is 523 g/mol. The molecule has 1 aliphatic carbocycles. The monoisotopic (exact) mass is 566 g/mol. The summed E-state index contributed by atoms with van der Waals surface area (Å²) in [7, 11) is -1.46. The molecule has 6 nitrogen and oxygen atoms in total. The minimum absolute atomic E-state index is 0.244. The number of nitrogens with zero attached hydrogens (tertiary/aromatic N) is 4. The van der Waals surface area contributed by atoms with Gasteiger partial charge in [0.05, 0.1) is 10.4 Å². The highest BCUT2D eigenvalue weighted by molar-refractivity contribution is 7.90. The average molecular weight is 567 g/mol. The van der Waals surface area contributed by atoms with Gasteiger partial charge in [-0.1, -0.05) is 6.92 Å². The molecule has 6 rings (SSSR count). The maximum absolute atomic E-state index is 15.5. The number of imidazole rings is 1. The van der Waals surface area contributed by atoms with E-state index in [1.807, 2.05) is 7.05 Å². The van der Waals surface area contributed by atoms with Crippen LogP contribution in [0, 0.1) is 11.7 Å². The van der Waals surface area contributed by atoms with E-state index in [-0.39, 0.29) is 10.7 Å². The van der Waals surface area contributed by atoms with Crippen molar-refractivity contribution in [3.05, 3.63) is 47.8 Å². The number of aromatic nitrogens is 2. The van der Waals surface area contributed by atoms with Gasteiger partial charge in [0.15, 0.2) is 9.84 Å². The Bertz CT molecular complexity index is 1470. The highest BCUT2D eigenvalue weighted by Crippen LogP contribution is 2.38. The third-order valence-electron chi connectivity index (χ3n) is 9.83. The van der Waals surface area contributed by atoms with Crippen LogP contribution in [0.4, 0.5) is 4.39 Å². The molecule has 3 aliphatic rings. The van der Waals surface area contributed by atoms with Crippen molar-refractivity contribution in [2.24, 2.45) is 13.0 Å². The van der Waals surface area contributed by atoms with E-state index in [2.05, 4.69) is 29.7 Å². The number of benzene rings is 2. The lowest BCUT2D eigenvalue weighted by Crippen LogP contribution is -2.55. The third-order valence-corrected chi connectivity index (χ3v) is 11.0. The second-order valence-corrected chi connectivity index (χ2v) is 14.7. The van der Waals surface area contributed by atoms with Crippen LogP contribution in [0.1, 0.15) is 70.3 Å². The fourth-order valence-corrected chi connectivity index (χ4v) is 7.95. The molecule has 3 fully saturated rings. The summed E-state index contributed by atoms with van der Waals surface area (Å²) >= 11 is 0. The fraction of sp³-hybridized carbons (Fsp3) is 0.594. The van der Waals surface area contributed by atoms with E-state index in [0.717, 1.165) is 43.0 Å². The minimum atomic E-state index is -3.28. The molecule has 2 aromatic carbocycles. The topological polar surface area (TPSA) is 58.4 Å². The summed E-state index contributed by atoms with van der Waals surface area (Å²) in [5, 5.41) is 0. The number of sulfone groups is 1. The van der Waals surface area contributed by atoms with Gasteiger partial charge in [-0.2, -0.15) is 0 Å². The number of piperidine rings is 2. The zero-order valence-electron chi connectivity index (χ0n) is 24.3. The lowest BCUT2D eigenvalue weighted by atomic mass is 9.85. The molecule has 0 amide bonds. The normalized spacial score (nSPS) is 25.6. The van der Waals surface area contributed by atoms with Crippen molar-refractivity contribution in [1.29, 1.82) is 0 Å². The Balaban J connectivity index is 1.15. The molecule has 3 heterocycles. The lowest BCUT2D eigenvalue weighted by molar-refractivity contribution is 0.0149. The summed E-state index contributed by atoms with van der Waals surface area (Å²) in [4.78, 5) is 10.6. The molecule has 1 saturated carbocycles. The van der Waals surface area contributed by atoms with E-state index < -0.39 is 9.84 Å². The van der Waals surface area contributed by atoms with Crippen LogP contribution in [-0.4, -0.2) is 71.8 Å². The Labute approximate surface area is 238 Å². The first-order valence-corrected chi connectivity index (χ1v) is 17.0. The van der Waals surface area contributed by atoms with Gasteiger partial charge in [0.1, 0.15) is 17.2 Å². The summed E-state index contributed by atoms with van der Waals surface area (Å²) in [6.45, 7) is 8.22. The van der Waals surface area contributed by atoms with Gasteiger partial charge in [0, 0.05) is 43.5 Å². The van der Waals surface area contributed by atoms with Gasteiger partial charge >= 0.3 is 0 Å². The van der Waals surface area contributed by atoms with Gasteiger partial charge in [-0.25, -0.2) is 17.8 Å². The van der Waals surface area contributed by atoms with Gasteiger partial charge in [-0.3, -0.25) is 4.90 Å². The first-order valence-electron chi connectivity index (χ1n) is 15.1. The van der Waals surface area contributed by atoms with E-state index in [9.17, 15) is 8.42 Å². The van der Waals surface area contributed by atoms with Crippen molar-refractivity contribution in [2.45, 2.75) is 87.7 Å². The Kier molecular flexibility index (Phi) is 7.55. The molecule has 0 spiro atoms. The molecule has 3 aromatic rings. The second kappa shape index (κ2) is 10.8. The largest absolute Gasteiger partial charge is 0.325 e. The van der Waals surface area contributed by atoms with Crippen LogP contribution in [0.3, 0.4) is 0 Å². The van der Waals surface area contributed by atoms with Crippen molar-refractivity contribution in [3.8, 4) is 11.4 Å². The summed E-state index contributed by atoms with van der Waals surface area (Å²) in [6, 6.07) is 12.4. The van der Waals surface area contributed by atoms with Crippen LogP contribution in [0.2, 0.25) is 0 Å². The summed E-state index contributed by atoms with van der Waals surface area (Å²) in [5.41, 5.74) is 2.95. The van der Waals surface area contributed by atoms with Gasteiger partial charge < -0.3 is 9.47 Å². The van der Waals surface area contributed by atoms with Crippen LogP contribution < -0.4 is 0 Å². The second-order valence-electron chi connectivity index (χ2n) is 12.6. The van der Waals surface area contributed by atoms with E-state index >= 15 is 4.39 Å². The van der Waals surface area contributed by atoms with Gasteiger partial charge in [-0.15, -0.1) is 0 Å². The van der Waals surface area contributed by atoms with Gasteiger partial charge in [0.25, 0.3) is 0 Å². The quantitative estimate of drug-likeness (QED) is 0.351. The zero-order chi connectivity index (χ0) is 28.2. The van der Waals surface area contributed by atoms with E-state index in [1.54, 1.807) is 34.9 Å². The molecule has 0 bridgehead atoms. The highest BCUT2D eigenvalue weighted by atomic mass is 32.2. The number of rotatable bonds is 7. The Morgan fingerprint density at radius 2 is 1.73 bits per heavy atom. The predicted molar refractivity (Wildman–Crippen MR) is 159 cm³/mol. The van der Waals surface area contributed by atoms with Crippen molar-refractivity contribution in [1.82, 2.24) is 19.4 Å². The van der Waals surface area contributed by atoms with Crippen molar-refractivity contribution in [2.75, 3.05) is 25.9 Å². The van der Waals surface area contributed by atoms with Gasteiger partial charge in [-0.05, 0) is 119 Å². The maximum atomic E-state index is 15.5. The number of fused-ring (bicyclic) bond motifs is 1. The van der Waals surface area contributed by atoms with Crippen LogP contribution >= 0.6 is 0 Å². The summed E-state index contributed by atoms with van der Waals surface area (Å²) in [6.07, 6.45) is 9.90. The van der Waals surface area contributed by atoms with Crippen LogP contribution in [0.15, 0.2) is 41.3 Å². The average Bonchev–Trinajstić information content (AvgIpc) is 3.69. The van der Waals surface area contributed by atoms with Crippen molar-refractivity contribution >= 4 is 20.9 Å². The van der Waals surface area contributed by atoms with E-state index in [0.29, 0.717) is 40.9 Å². The fourth-order valence-electron chi connectivity index (χ4n) is 7.32. The van der Waals surface area contributed by atoms with Gasteiger partial charge in [0.2, 0.25) is 0 Å². The SMILES string of the molecule is CCC1CC(N2CCC(c3cc(F)c4c(c3)nc(-c3ccc(S(C)(=O)=O)cc3)n4C)CC2)CC(C)N1CC1CC1. The predicted octanol–water partition coefficient (Wildman–Crippen LogP) is 6.00. The van der Waals surface area contributed by atoms with Crippen LogP contribution in [0.5, 0.6) is 0 Å². The highest BCUT2D eigenvalue weighted by Gasteiger charge is 2.38. The molecule has 1 aromatic heterocycles. The smallest absolute Gasteiger partial charge is 0.175 e. The first-order chi connectivity index (χ1) is 19.1. The van der Waals surface area contributed by atoms with E-state index in [1.165, 1.54) is 44.9 Å². The Morgan fingerprint density at radius 3 is 2.35 bits per heavy atom. The van der Waals surface area contributed by atoms with Crippen LogP contribution in [-0.2, 0) is 16.9 Å². The first kappa shape index (κ1) is 27.9. The minimum Gasteiger partial charge on any atom is -0.325 e. The molecule has 2 saturated heterocycles. The molecule has 3 atom stereocenters. The molecule has 216 valence electrons. The number of likely N-dealkylation sites (tertiary alicyclic amines) is 2. The molecule has 8 heteroatoms. The number of hydrogen-bond acceptors (Lipinski definition) is 5. The number of hydrogen-bond donors (Lipinski definition) is 0. The molecule has 2 aliphatic heterocycles. The standard InChI is InChI=1S/C32H43FN4O2S/c1-5-26-19-27(16-21(2)37(26)20-22-6-7-22)36-14-12-23(13-15-36)25-17-29(33)31-30(18-25)34-32(35(31)3)24-8-10-28(11-9-24)40(4,38)39/h8-11,17-18,21-23,26-27H,5-7,12-16,19-20H2,1-4H3. The summed E-state index contributed by atoms with van der Waals surface area (Å²) < 4.78 is 40.9. The zero-order valence-corrected chi connectivity index (χ0v) is 25.1. The molecular formula is C32H43FN4O2S. The molecule has 0 N–H and O–H groups in total.